The molecule has 120 valence electrons. The lowest BCUT2D eigenvalue weighted by Crippen LogP contribution is -2.31. The van der Waals surface area contributed by atoms with Crippen molar-refractivity contribution in [2.45, 2.75) is 45.8 Å². The molecule has 0 aliphatic heterocycles. The minimum absolute atomic E-state index is 0.265. The first-order valence-electron chi connectivity index (χ1n) is 7.71. The van der Waals surface area contributed by atoms with Crippen molar-refractivity contribution >= 4 is 22.6 Å². The molecule has 1 atom stereocenters. The molecule has 3 N–H and O–H groups in total. The van der Waals surface area contributed by atoms with Crippen molar-refractivity contribution in [3.8, 4) is 0 Å². The first kappa shape index (κ1) is 16.3. The Balaban J connectivity index is 1.95. The Morgan fingerprint density at radius 1 is 1.41 bits per heavy atom. The Kier molecular flexibility index (Phi) is 5.38. The van der Waals surface area contributed by atoms with E-state index < -0.39 is 0 Å². The third kappa shape index (κ3) is 4.21. The number of carbonyl (C=O) groups is 1. The Morgan fingerprint density at radius 3 is 2.86 bits per heavy atom. The molecule has 1 aromatic heterocycles. The fourth-order valence-corrected chi connectivity index (χ4v) is 2.12. The van der Waals surface area contributed by atoms with Gasteiger partial charge < -0.3 is 15.7 Å². The third-order valence-electron chi connectivity index (χ3n) is 3.54. The quantitative estimate of drug-likeness (QED) is 0.767. The molecule has 6 nitrogen and oxygen atoms in total. The fourth-order valence-electron chi connectivity index (χ4n) is 2.12. The molecule has 2 rings (SSSR count). The summed E-state index contributed by atoms with van der Waals surface area (Å²) in [5.41, 5.74) is 1.63. The van der Waals surface area contributed by atoms with E-state index in [-0.39, 0.29) is 12.1 Å². The van der Waals surface area contributed by atoms with Crippen LogP contribution in [0.15, 0.2) is 24.4 Å². The van der Waals surface area contributed by atoms with Gasteiger partial charge in [0.2, 0.25) is 0 Å². The van der Waals surface area contributed by atoms with Crippen molar-refractivity contribution < 1.29 is 9.90 Å². The number of aromatic nitrogens is 2. The first-order valence-corrected chi connectivity index (χ1v) is 7.71. The second-order valence-corrected chi connectivity index (χ2v) is 5.71. The number of anilines is 1. The van der Waals surface area contributed by atoms with Gasteiger partial charge in [-0.25, -0.2) is 4.79 Å². The molecule has 2 amide bonds. The van der Waals surface area contributed by atoms with Crippen LogP contribution in [0.2, 0.25) is 0 Å². The predicted octanol–water partition coefficient (Wildman–Crippen LogP) is 2.90. The van der Waals surface area contributed by atoms with Crippen LogP contribution in [-0.2, 0) is 0 Å². The number of benzene rings is 1. The topological polar surface area (TPSA) is 79.2 Å². The van der Waals surface area contributed by atoms with Crippen LogP contribution in [-0.4, -0.2) is 33.6 Å². The van der Waals surface area contributed by atoms with E-state index in [9.17, 15) is 9.90 Å². The Hall–Kier alpha value is -2.08. The molecule has 0 fully saturated rings. The summed E-state index contributed by atoms with van der Waals surface area (Å²) < 4.78 is 1.90. The van der Waals surface area contributed by atoms with Crippen LogP contribution in [0.5, 0.6) is 0 Å². The lowest BCUT2D eigenvalue weighted by Gasteiger charge is -2.10. The molecule has 6 heteroatoms. The molecular weight excluding hydrogens is 280 g/mol. The van der Waals surface area contributed by atoms with E-state index in [2.05, 4.69) is 29.6 Å². The van der Waals surface area contributed by atoms with Crippen LogP contribution >= 0.6 is 0 Å². The van der Waals surface area contributed by atoms with Gasteiger partial charge in [-0.2, -0.15) is 5.10 Å². The lowest BCUT2D eigenvalue weighted by molar-refractivity contribution is 0.160. The molecule has 0 spiro atoms. The van der Waals surface area contributed by atoms with Crippen molar-refractivity contribution in [3.63, 3.8) is 0 Å². The van der Waals surface area contributed by atoms with Gasteiger partial charge in [0.15, 0.2) is 0 Å². The van der Waals surface area contributed by atoms with Gasteiger partial charge in [0.25, 0.3) is 0 Å². The largest absolute Gasteiger partial charge is 0.393 e. The summed E-state index contributed by atoms with van der Waals surface area (Å²) in [6, 6.07) is 5.67. The molecule has 0 aliphatic carbocycles. The number of aliphatic hydroxyl groups is 1. The van der Waals surface area contributed by atoms with E-state index in [1.54, 1.807) is 0 Å². The van der Waals surface area contributed by atoms with Gasteiger partial charge in [0.1, 0.15) is 0 Å². The number of nitrogens with one attached hydrogen (secondary N) is 2. The first-order chi connectivity index (χ1) is 10.5. The highest BCUT2D eigenvalue weighted by molar-refractivity contribution is 5.92. The van der Waals surface area contributed by atoms with E-state index in [0.29, 0.717) is 25.4 Å². The Morgan fingerprint density at radius 2 is 2.18 bits per heavy atom. The van der Waals surface area contributed by atoms with Crippen LogP contribution in [0, 0.1) is 0 Å². The number of carbonyl (C=O) groups excluding carboxylic acids is 1. The third-order valence-corrected chi connectivity index (χ3v) is 3.54. The van der Waals surface area contributed by atoms with Gasteiger partial charge in [-0.05, 0) is 44.9 Å². The van der Waals surface area contributed by atoms with E-state index >= 15 is 0 Å². The van der Waals surface area contributed by atoms with Crippen LogP contribution in [0.25, 0.3) is 10.9 Å². The Bertz CT molecular complexity index is 636. The normalized spacial score (nSPS) is 12.6. The highest BCUT2D eigenvalue weighted by Gasteiger charge is 2.07. The number of hydrogen-bond donors (Lipinski definition) is 3. The zero-order valence-corrected chi connectivity index (χ0v) is 13.3. The summed E-state index contributed by atoms with van der Waals surface area (Å²) in [6.07, 6.45) is 2.86. The molecule has 1 aromatic carbocycles. The van der Waals surface area contributed by atoms with E-state index in [1.807, 2.05) is 36.0 Å². The van der Waals surface area contributed by atoms with E-state index in [0.717, 1.165) is 16.6 Å². The zero-order valence-electron chi connectivity index (χ0n) is 13.3. The molecule has 0 aliphatic rings. The number of hydrogen-bond acceptors (Lipinski definition) is 3. The smallest absolute Gasteiger partial charge is 0.319 e. The maximum atomic E-state index is 11.8. The molecule has 0 bridgehead atoms. The van der Waals surface area contributed by atoms with E-state index in [1.165, 1.54) is 0 Å². The lowest BCUT2D eigenvalue weighted by atomic mass is 10.2. The Labute approximate surface area is 130 Å². The molecule has 2 aromatic rings. The molecule has 1 heterocycles. The molecule has 1 unspecified atom stereocenters. The maximum Gasteiger partial charge on any atom is 0.319 e. The minimum Gasteiger partial charge on any atom is -0.393 e. The number of urea groups is 1. The average Bonchev–Trinajstić information content (AvgIpc) is 2.90. The second-order valence-electron chi connectivity index (χ2n) is 5.71. The summed E-state index contributed by atoms with van der Waals surface area (Å²) in [7, 11) is 0. The SMILES string of the molecule is CCC(O)CCNC(=O)Nc1ccc2nn(C(C)C)cc2c1. The van der Waals surface area contributed by atoms with Gasteiger partial charge in [-0.3, -0.25) is 4.68 Å². The number of fused-ring (bicyclic) bond motifs is 1. The second kappa shape index (κ2) is 7.26. The molecule has 22 heavy (non-hydrogen) atoms. The van der Waals surface area contributed by atoms with Crippen LogP contribution in [0.3, 0.4) is 0 Å². The average molecular weight is 304 g/mol. The minimum atomic E-state index is -0.362. The summed E-state index contributed by atoms with van der Waals surface area (Å²) in [5, 5.41) is 20.4. The summed E-state index contributed by atoms with van der Waals surface area (Å²) in [6.45, 7) is 6.51. The van der Waals surface area contributed by atoms with Gasteiger partial charge in [-0.15, -0.1) is 0 Å². The van der Waals surface area contributed by atoms with Crippen LogP contribution in [0.1, 0.15) is 39.7 Å². The van der Waals surface area contributed by atoms with Crippen molar-refractivity contribution in [1.29, 1.82) is 0 Å². The van der Waals surface area contributed by atoms with Crippen molar-refractivity contribution in [2.75, 3.05) is 11.9 Å². The molecule has 0 radical (unpaired) electrons. The van der Waals surface area contributed by atoms with Crippen molar-refractivity contribution in [2.24, 2.45) is 0 Å². The van der Waals surface area contributed by atoms with Crippen molar-refractivity contribution in [3.05, 3.63) is 24.4 Å². The number of rotatable bonds is 6. The molecule has 0 saturated heterocycles. The maximum absolute atomic E-state index is 11.8. The highest BCUT2D eigenvalue weighted by atomic mass is 16.3. The van der Waals surface area contributed by atoms with Gasteiger partial charge in [0, 0.05) is 29.9 Å². The van der Waals surface area contributed by atoms with Gasteiger partial charge in [-0.1, -0.05) is 6.92 Å². The van der Waals surface area contributed by atoms with Crippen LogP contribution < -0.4 is 10.6 Å². The van der Waals surface area contributed by atoms with Crippen molar-refractivity contribution in [1.82, 2.24) is 15.1 Å². The fraction of sp³-hybridized carbons (Fsp3) is 0.500. The van der Waals surface area contributed by atoms with Gasteiger partial charge in [0.05, 0.1) is 11.6 Å². The zero-order chi connectivity index (χ0) is 16.1. The number of nitrogens with zero attached hydrogens (tertiary/aromatic N) is 2. The summed E-state index contributed by atoms with van der Waals surface area (Å²) >= 11 is 0. The number of amides is 2. The monoisotopic (exact) mass is 304 g/mol. The summed E-state index contributed by atoms with van der Waals surface area (Å²) in [5.74, 6) is 0. The van der Waals surface area contributed by atoms with Gasteiger partial charge >= 0.3 is 6.03 Å². The van der Waals surface area contributed by atoms with E-state index in [4.69, 9.17) is 0 Å². The number of aliphatic hydroxyl groups excluding tert-OH is 1. The highest BCUT2D eigenvalue weighted by Crippen LogP contribution is 2.19. The predicted molar refractivity (Wildman–Crippen MR) is 88.1 cm³/mol. The summed E-state index contributed by atoms with van der Waals surface area (Å²) in [4.78, 5) is 11.8. The molecular formula is C16H24N4O2. The standard InChI is InChI=1S/C16H24N4O2/c1-4-14(21)7-8-17-16(22)18-13-5-6-15-12(9-13)10-20(19-15)11(2)3/h5-6,9-11,14,21H,4,7-8H2,1-3H3,(H2,17,18,22). The van der Waals surface area contributed by atoms with Crippen LogP contribution in [0.4, 0.5) is 10.5 Å². The molecule has 0 saturated carbocycles.